The van der Waals surface area contributed by atoms with Crippen molar-refractivity contribution in [3.63, 3.8) is 0 Å². The first-order chi connectivity index (χ1) is 14.6. The van der Waals surface area contributed by atoms with E-state index in [9.17, 15) is 9.59 Å². The molecular formula is C24H27N3O2S. The Morgan fingerprint density at radius 3 is 2.83 bits per heavy atom. The molecule has 2 aromatic carbocycles. The summed E-state index contributed by atoms with van der Waals surface area (Å²) in [6.45, 7) is 4.06. The van der Waals surface area contributed by atoms with Gasteiger partial charge in [-0.2, -0.15) is 0 Å². The molecule has 1 aliphatic rings. The van der Waals surface area contributed by atoms with E-state index in [1.807, 2.05) is 44.2 Å². The summed E-state index contributed by atoms with van der Waals surface area (Å²) in [5.74, 6) is 0.208. The smallest absolute Gasteiger partial charge is 0.262 e. The number of carbonyl (C=O) groups excluding carboxylic acids is 1. The molecule has 0 saturated carbocycles. The van der Waals surface area contributed by atoms with E-state index in [1.165, 1.54) is 22.9 Å². The summed E-state index contributed by atoms with van der Waals surface area (Å²) in [6, 6.07) is 15.8. The van der Waals surface area contributed by atoms with Crippen molar-refractivity contribution in [1.29, 1.82) is 0 Å². The Hall–Kier alpha value is -2.60. The predicted molar refractivity (Wildman–Crippen MR) is 122 cm³/mol. The Morgan fingerprint density at radius 1 is 1.23 bits per heavy atom. The molecule has 0 bridgehead atoms. The molecule has 0 radical (unpaired) electrons. The molecule has 0 aliphatic heterocycles. The highest BCUT2D eigenvalue weighted by Gasteiger charge is 2.22. The van der Waals surface area contributed by atoms with Crippen LogP contribution in [0.1, 0.15) is 56.3 Å². The lowest BCUT2D eigenvalue weighted by atomic mass is 9.88. The second kappa shape index (κ2) is 9.04. The minimum Gasteiger partial charge on any atom is -0.349 e. The zero-order valence-corrected chi connectivity index (χ0v) is 18.2. The van der Waals surface area contributed by atoms with Crippen molar-refractivity contribution in [3.05, 3.63) is 70.0 Å². The number of nitrogens with one attached hydrogen (secondary N) is 1. The van der Waals surface area contributed by atoms with Gasteiger partial charge in [0.2, 0.25) is 5.91 Å². The molecule has 0 spiro atoms. The van der Waals surface area contributed by atoms with Gasteiger partial charge in [-0.05, 0) is 55.9 Å². The summed E-state index contributed by atoms with van der Waals surface area (Å²) in [4.78, 5) is 30.5. The SMILES string of the molecule is CCC(C)n1c(SCC(=O)NC2CCCc3ccccc32)nc2ccccc2c1=O. The third-order valence-corrected chi connectivity index (χ3v) is 6.80. The molecule has 3 aromatic rings. The Kier molecular flexibility index (Phi) is 6.23. The summed E-state index contributed by atoms with van der Waals surface area (Å²) in [5, 5.41) is 4.40. The van der Waals surface area contributed by atoms with Gasteiger partial charge in [-0.15, -0.1) is 0 Å². The molecule has 1 aliphatic carbocycles. The molecular weight excluding hydrogens is 394 g/mol. The van der Waals surface area contributed by atoms with Crippen LogP contribution >= 0.6 is 11.8 Å². The number of aryl methyl sites for hydroxylation is 1. The molecule has 30 heavy (non-hydrogen) atoms. The van der Waals surface area contributed by atoms with Gasteiger partial charge in [0.15, 0.2) is 5.16 Å². The van der Waals surface area contributed by atoms with E-state index in [1.54, 1.807) is 4.57 Å². The fourth-order valence-corrected chi connectivity index (χ4v) is 4.98. The molecule has 5 nitrogen and oxygen atoms in total. The third kappa shape index (κ3) is 4.15. The van der Waals surface area contributed by atoms with E-state index < -0.39 is 0 Å². The fraction of sp³-hybridized carbons (Fsp3) is 0.375. The highest BCUT2D eigenvalue weighted by atomic mass is 32.2. The average molecular weight is 422 g/mol. The summed E-state index contributed by atoms with van der Waals surface area (Å²) in [7, 11) is 0. The van der Waals surface area contributed by atoms with Crippen LogP contribution < -0.4 is 10.9 Å². The second-order valence-electron chi connectivity index (χ2n) is 7.84. The first-order valence-electron chi connectivity index (χ1n) is 10.6. The fourth-order valence-electron chi connectivity index (χ4n) is 4.07. The average Bonchev–Trinajstić information content (AvgIpc) is 2.77. The molecule has 0 saturated heterocycles. The molecule has 2 atom stereocenters. The maximum atomic E-state index is 13.1. The standard InChI is InChI=1S/C24H27N3O2S/c1-3-16(2)27-23(29)19-12-6-7-13-21(19)26-24(27)30-15-22(28)25-20-14-8-10-17-9-4-5-11-18(17)20/h4-7,9,11-13,16,20H,3,8,10,14-15H2,1-2H3,(H,25,28). The van der Waals surface area contributed by atoms with Gasteiger partial charge in [-0.1, -0.05) is 55.1 Å². The van der Waals surface area contributed by atoms with Crippen LogP contribution in [0.2, 0.25) is 0 Å². The van der Waals surface area contributed by atoms with E-state index in [2.05, 4.69) is 23.5 Å². The predicted octanol–water partition coefficient (Wildman–Crippen LogP) is 4.65. The van der Waals surface area contributed by atoms with Gasteiger partial charge in [-0.3, -0.25) is 14.2 Å². The summed E-state index contributed by atoms with van der Waals surface area (Å²) >= 11 is 1.34. The van der Waals surface area contributed by atoms with Crippen molar-refractivity contribution in [2.45, 2.75) is 56.8 Å². The van der Waals surface area contributed by atoms with Crippen LogP contribution in [-0.2, 0) is 11.2 Å². The minimum atomic E-state index is -0.0425. The van der Waals surface area contributed by atoms with Gasteiger partial charge < -0.3 is 5.32 Å². The molecule has 1 amide bonds. The zero-order valence-electron chi connectivity index (χ0n) is 17.4. The van der Waals surface area contributed by atoms with Gasteiger partial charge >= 0.3 is 0 Å². The van der Waals surface area contributed by atoms with Crippen LogP contribution in [0.4, 0.5) is 0 Å². The van der Waals surface area contributed by atoms with Gasteiger partial charge in [0.1, 0.15) is 0 Å². The lowest BCUT2D eigenvalue weighted by Gasteiger charge is -2.26. The Balaban J connectivity index is 1.54. The van der Waals surface area contributed by atoms with Crippen LogP contribution in [0, 0.1) is 0 Å². The normalized spacial score (nSPS) is 16.8. The van der Waals surface area contributed by atoms with Crippen LogP contribution in [0.25, 0.3) is 10.9 Å². The number of para-hydroxylation sites is 1. The topological polar surface area (TPSA) is 64.0 Å². The van der Waals surface area contributed by atoms with Crippen LogP contribution in [-0.4, -0.2) is 21.2 Å². The molecule has 1 aromatic heterocycles. The van der Waals surface area contributed by atoms with E-state index in [0.29, 0.717) is 16.1 Å². The summed E-state index contributed by atoms with van der Waals surface area (Å²) in [5.41, 5.74) is 3.18. The minimum absolute atomic E-state index is 0.0189. The molecule has 6 heteroatoms. The number of nitrogens with zero attached hydrogens (tertiary/aromatic N) is 2. The van der Waals surface area contributed by atoms with Crippen molar-refractivity contribution in [2.24, 2.45) is 0 Å². The largest absolute Gasteiger partial charge is 0.349 e. The van der Waals surface area contributed by atoms with Crippen LogP contribution in [0.3, 0.4) is 0 Å². The lowest BCUT2D eigenvalue weighted by molar-refractivity contribution is -0.119. The number of carbonyl (C=O) groups is 1. The Labute approximate surface area is 180 Å². The molecule has 0 fully saturated rings. The highest BCUT2D eigenvalue weighted by Crippen LogP contribution is 2.30. The number of rotatable bonds is 6. The molecule has 4 rings (SSSR count). The Bertz CT molecular complexity index is 1120. The number of hydrogen-bond donors (Lipinski definition) is 1. The molecule has 2 unspecified atom stereocenters. The molecule has 156 valence electrons. The van der Waals surface area contributed by atoms with E-state index in [-0.39, 0.29) is 29.3 Å². The van der Waals surface area contributed by atoms with Crippen molar-refractivity contribution in [3.8, 4) is 0 Å². The highest BCUT2D eigenvalue weighted by molar-refractivity contribution is 7.99. The van der Waals surface area contributed by atoms with Crippen molar-refractivity contribution in [1.82, 2.24) is 14.9 Å². The van der Waals surface area contributed by atoms with E-state index in [4.69, 9.17) is 4.98 Å². The number of amides is 1. The first-order valence-corrected chi connectivity index (χ1v) is 11.6. The second-order valence-corrected chi connectivity index (χ2v) is 8.79. The van der Waals surface area contributed by atoms with E-state index >= 15 is 0 Å². The number of aromatic nitrogens is 2. The van der Waals surface area contributed by atoms with Crippen molar-refractivity contribution in [2.75, 3.05) is 5.75 Å². The summed E-state index contributed by atoms with van der Waals surface area (Å²) < 4.78 is 1.73. The van der Waals surface area contributed by atoms with Gasteiger partial charge in [0.05, 0.1) is 22.7 Å². The zero-order chi connectivity index (χ0) is 21.1. The number of thioether (sulfide) groups is 1. The molecule has 1 heterocycles. The van der Waals surface area contributed by atoms with Crippen LogP contribution in [0.5, 0.6) is 0 Å². The third-order valence-electron chi connectivity index (χ3n) is 5.84. The quantitative estimate of drug-likeness (QED) is 0.465. The van der Waals surface area contributed by atoms with Gasteiger partial charge in [0.25, 0.3) is 5.56 Å². The number of hydrogen-bond acceptors (Lipinski definition) is 4. The number of benzene rings is 2. The first kappa shape index (κ1) is 20.7. The number of fused-ring (bicyclic) bond motifs is 2. The maximum absolute atomic E-state index is 13.1. The van der Waals surface area contributed by atoms with E-state index in [0.717, 1.165) is 25.7 Å². The monoisotopic (exact) mass is 421 g/mol. The Morgan fingerprint density at radius 2 is 2.00 bits per heavy atom. The van der Waals surface area contributed by atoms with Crippen molar-refractivity contribution < 1.29 is 4.79 Å². The maximum Gasteiger partial charge on any atom is 0.262 e. The van der Waals surface area contributed by atoms with Crippen LogP contribution in [0.15, 0.2) is 58.5 Å². The van der Waals surface area contributed by atoms with Gasteiger partial charge in [0, 0.05) is 6.04 Å². The molecule has 1 N–H and O–H groups in total. The van der Waals surface area contributed by atoms with Crippen molar-refractivity contribution >= 4 is 28.6 Å². The summed E-state index contributed by atoms with van der Waals surface area (Å²) in [6.07, 6.45) is 3.92. The lowest BCUT2D eigenvalue weighted by Crippen LogP contribution is -2.32. The van der Waals surface area contributed by atoms with Gasteiger partial charge in [-0.25, -0.2) is 4.98 Å².